The molecule has 3 aromatic carbocycles. The number of allylic oxidation sites excluding steroid dienone is 1. The van der Waals surface area contributed by atoms with Gasteiger partial charge in [-0.25, -0.2) is 0 Å². The molecule has 116 valence electrons. The number of hydrogen-bond acceptors (Lipinski definition) is 1. The van der Waals surface area contributed by atoms with Crippen molar-refractivity contribution >= 4 is 23.0 Å². The van der Waals surface area contributed by atoms with E-state index in [-0.39, 0.29) is 5.92 Å². The molecule has 4 rings (SSSR count). The molecule has 1 heterocycles. The van der Waals surface area contributed by atoms with E-state index in [1.807, 2.05) is 6.07 Å². The molecule has 1 aliphatic heterocycles. The second-order valence-corrected chi connectivity index (χ2v) is 6.11. The topological polar surface area (TPSA) is 12.4 Å². The molecule has 0 bridgehead atoms. The average molecular weight is 309 g/mol. The molecule has 0 spiro atoms. The van der Waals surface area contributed by atoms with Crippen molar-refractivity contribution in [2.45, 2.75) is 6.92 Å². The average Bonchev–Trinajstić information content (AvgIpc) is 2.80. The van der Waals surface area contributed by atoms with Gasteiger partial charge in [-0.2, -0.15) is 0 Å². The maximum atomic E-state index is 5.03. The highest BCUT2D eigenvalue weighted by Gasteiger charge is 2.22. The Balaban J connectivity index is 1.94. The molecule has 24 heavy (non-hydrogen) atoms. The van der Waals surface area contributed by atoms with Gasteiger partial charge in [-0.05, 0) is 28.8 Å². The van der Waals surface area contributed by atoms with Crippen LogP contribution in [0.25, 0.3) is 11.6 Å². The fourth-order valence-electron chi connectivity index (χ4n) is 3.27. The summed E-state index contributed by atoms with van der Waals surface area (Å²) >= 11 is 0. The van der Waals surface area contributed by atoms with E-state index in [0.29, 0.717) is 0 Å². The second-order valence-electron chi connectivity index (χ2n) is 6.11. The van der Waals surface area contributed by atoms with Crippen LogP contribution < -0.4 is 0 Å². The van der Waals surface area contributed by atoms with Crippen LogP contribution in [0.1, 0.15) is 23.6 Å². The summed E-state index contributed by atoms with van der Waals surface area (Å²) in [7, 11) is 0. The van der Waals surface area contributed by atoms with Crippen LogP contribution in [0, 0.1) is 5.92 Å². The molecular weight excluding hydrogens is 290 g/mol. The third-order valence-electron chi connectivity index (χ3n) is 4.54. The van der Waals surface area contributed by atoms with Gasteiger partial charge in [-0.15, -0.1) is 0 Å². The SMILES string of the molecule is CC1C(c2ccccc2)=Cc2ccccc2N=C1c1ccccc1. The molecule has 0 fully saturated rings. The van der Waals surface area contributed by atoms with Gasteiger partial charge in [0, 0.05) is 11.5 Å². The minimum Gasteiger partial charge on any atom is -0.252 e. The van der Waals surface area contributed by atoms with Gasteiger partial charge in [-0.3, -0.25) is 4.99 Å². The van der Waals surface area contributed by atoms with Crippen molar-refractivity contribution in [3.05, 3.63) is 102 Å². The molecule has 0 N–H and O–H groups in total. The fourth-order valence-corrected chi connectivity index (χ4v) is 3.27. The highest BCUT2D eigenvalue weighted by Crippen LogP contribution is 2.36. The van der Waals surface area contributed by atoms with E-state index in [1.165, 1.54) is 22.3 Å². The van der Waals surface area contributed by atoms with Crippen molar-refractivity contribution in [3.63, 3.8) is 0 Å². The summed E-state index contributed by atoms with van der Waals surface area (Å²) in [5.41, 5.74) is 7.08. The van der Waals surface area contributed by atoms with Crippen LogP contribution in [0.4, 0.5) is 5.69 Å². The minimum atomic E-state index is 0.224. The number of para-hydroxylation sites is 1. The number of fused-ring (bicyclic) bond motifs is 1. The van der Waals surface area contributed by atoms with Gasteiger partial charge < -0.3 is 0 Å². The maximum Gasteiger partial charge on any atom is 0.0705 e. The maximum absolute atomic E-state index is 5.03. The lowest BCUT2D eigenvalue weighted by Crippen LogP contribution is -2.13. The molecule has 0 aliphatic carbocycles. The van der Waals surface area contributed by atoms with Crippen molar-refractivity contribution in [3.8, 4) is 0 Å². The largest absolute Gasteiger partial charge is 0.252 e. The normalized spacial score (nSPS) is 16.6. The van der Waals surface area contributed by atoms with Gasteiger partial charge in [0.15, 0.2) is 0 Å². The van der Waals surface area contributed by atoms with Crippen molar-refractivity contribution < 1.29 is 0 Å². The zero-order valence-electron chi connectivity index (χ0n) is 13.7. The highest BCUT2D eigenvalue weighted by atomic mass is 14.8. The van der Waals surface area contributed by atoms with Gasteiger partial charge in [-0.1, -0.05) is 85.8 Å². The number of aliphatic imine (C=N–C) groups is 1. The van der Waals surface area contributed by atoms with Crippen LogP contribution in [0.5, 0.6) is 0 Å². The summed E-state index contributed by atoms with van der Waals surface area (Å²) in [6.45, 7) is 2.25. The van der Waals surface area contributed by atoms with E-state index in [1.54, 1.807) is 0 Å². The van der Waals surface area contributed by atoms with Crippen molar-refractivity contribution in [1.29, 1.82) is 0 Å². The lowest BCUT2D eigenvalue weighted by atomic mass is 9.86. The van der Waals surface area contributed by atoms with Gasteiger partial charge in [0.1, 0.15) is 0 Å². The molecule has 0 amide bonds. The Hall–Kier alpha value is -2.93. The number of hydrogen-bond donors (Lipinski definition) is 0. The van der Waals surface area contributed by atoms with Crippen LogP contribution in [0.2, 0.25) is 0 Å². The third-order valence-corrected chi connectivity index (χ3v) is 4.54. The van der Waals surface area contributed by atoms with Gasteiger partial charge in [0.25, 0.3) is 0 Å². The number of nitrogens with zero attached hydrogens (tertiary/aromatic N) is 1. The molecule has 1 unspecified atom stereocenters. The molecule has 0 saturated carbocycles. The molecule has 1 atom stereocenters. The Bertz CT molecular complexity index is 829. The van der Waals surface area contributed by atoms with Crippen LogP contribution >= 0.6 is 0 Å². The van der Waals surface area contributed by atoms with Gasteiger partial charge in [0.05, 0.1) is 11.4 Å². The van der Waals surface area contributed by atoms with E-state index in [9.17, 15) is 0 Å². The first-order valence-corrected chi connectivity index (χ1v) is 8.33. The zero-order valence-corrected chi connectivity index (χ0v) is 13.7. The molecule has 0 aromatic heterocycles. The first-order valence-electron chi connectivity index (χ1n) is 8.33. The van der Waals surface area contributed by atoms with Crippen LogP contribution in [0.15, 0.2) is 89.9 Å². The summed E-state index contributed by atoms with van der Waals surface area (Å²) in [6.07, 6.45) is 2.29. The summed E-state index contributed by atoms with van der Waals surface area (Å²) in [6, 6.07) is 29.5. The number of rotatable bonds is 2. The van der Waals surface area contributed by atoms with Crippen LogP contribution in [0.3, 0.4) is 0 Å². The first-order chi connectivity index (χ1) is 11.8. The van der Waals surface area contributed by atoms with Crippen LogP contribution in [-0.2, 0) is 0 Å². The van der Waals surface area contributed by atoms with Crippen LogP contribution in [-0.4, -0.2) is 5.71 Å². The molecule has 0 radical (unpaired) electrons. The predicted octanol–water partition coefficient (Wildman–Crippen LogP) is 6.00. The molecule has 1 aliphatic rings. The summed E-state index contributed by atoms with van der Waals surface area (Å²) in [5.74, 6) is 0.224. The number of benzene rings is 3. The quantitative estimate of drug-likeness (QED) is 0.550. The highest BCUT2D eigenvalue weighted by molar-refractivity contribution is 6.12. The van der Waals surface area contributed by atoms with Gasteiger partial charge >= 0.3 is 0 Å². The smallest absolute Gasteiger partial charge is 0.0705 e. The summed E-state index contributed by atoms with van der Waals surface area (Å²) < 4.78 is 0. The molecule has 1 nitrogen and oxygen atoms in total. The van der Waals surface area contributed by atoms with E-state index < -0.39 is 0 Å². The van der Waals surface area contributed by atoms with Crippen molar-refractivity contribution in [2.75, 3.05) is 0 Å². The van der Waals surface area contributed by atoms with Crippen molar-refractivity contribution in [2.24, 2.45) is 10.9 Å². The molecule has 3 aromatic rings. The monoisotopic (exact) mass is 309 g/mol. The standard InChI is InChI=1S/C23H19N/c1-17-21(18-10-4-2-5-11-18)16-20-14-8-9-15-22(20)24-23(17)19-12-6-3-7-13-19/h2-17H,1H3. The van der Waals surface area contributed by atoms with Crippen molar-refractivity contribution in [1.82, 2.24) is 0 Å². The van der Waals surface area contributed by atoms with E-state index in [2.05, 4.69) is 91.9 Å². The third kappa shape index (κ3) is 2.69. The lowest BCUT2D eigenvalue weighted by Gasteiger charge is -2.18. The lowest BCUT2D eigenvalue weighted by molar-refractivity contribution is 1.03. The molecular formula is C23H19N. The molecule has 0 saturated heterocycles. The Morgan fingerprint density at radius 2 is 1.25 bits per heavy atom. The first kappa shape index (κ1) is 14.6. The van der Waals surface area contributed by atoms with E-state index >= 15 is 0 Å². The summed E-state index contributed by atoms with van der Waals surface area (Å²) in [4.78, 5) is 5.03. The fraction of sp³-hybridized carbons (Fsp3) is 0.0870. The zero-order chi connectivity index (χ0) is 16.4. The Kier molecular flexibility index (Phi) is 3.84. The van der Waals surface area contributed by atoms with Gasteiger partial charge in [0.2, 0.25) is 0 Å². The minimum absolute atomic E-state index is 0.224. The van der Waals surface area contributed by atoms with E-state index in [4.69, 9.17) is 4.99 Å². The summed E-state index contributed by atoms with van der Waals surface area (Å²) in [5, 5.41) is 0. The Morgan fingerprint density at radius 1 is 0.667 bits per heavy atom. The Morgan fingerprint density at radius 3 is 1.96 bits per heavy atom. The second kappa shape index (κ2) is 6.29. The molecule has 1 heteroatoms. The Labute approximate surface area is 143 Å². The predicted molar refractivity (Wildman–Crippen MR) is 103 cm³/mol. The van der Waals surface area contributed by atoms with E-state index in [0.717, 1.165) is 11.4 Å².